The van der Waals surface area contributed by atoms with Crippen LogP contribution in [0.1, 0.15) is 16.1 Å². The Labute approximate surface area is 84.9 Å². The fourth-order valence-corrected chi connectivity index (χ4v) is 1.26. The van der Waals surface area contributed by atoms with Crippen molar-refractivity contribution in [2.24, 2.45) is 0 Å². The quantitative estimate of drug-likeness (QED) is 0.574. The molecule has 1 heterocycles. The molecule has 0 spiro atoms. The molecule has 0 atom stereocenters. The predicted octanol–water partition coefficient (Wildman–Crippen LogP) is 1.36. The zero-order valence-electron chi connectivity index (χ0n) is 7.70. The van der Waals surface area contributed by atoms with Crippen LogP contribution in [-0.4, -0.2) is 16.0 Å². The van der Waals surface area contributed by atoms with Gasteiger partial charge >= 0.3 is 0 Å². The molecule has 4 nitrogen and oxygen atoms in total. The number of aromatic nitrogens is 2. The van der Waals surface area contributed by atoms with Gasteiger partial charge in [-0.3, -0.25) is 9.89 Å². The summed E-state index contributed by atoms with van der Waals surface area (Å²) in [5.74, 6) is -0.968. The van der Waals surface area contributed by atoms with Gasteiger partial charge in [0, 0.05) is 6.20 Å². The van der Waals surface area contributed by atoms with Gasteiger partial charge in [0.25, 0.3) is 0 Å². The molecule has 5 heteroatoms. The van der Waals surface area contributed by atoms with Crippen LogP contribution in [0.5, 0.6) is 0 Å². The van der Waals surface area contributed by atoms with Gasteiger partial charge in [-0.2, -0.15) is 5.10 Å². The van der Waals surface area contributed by atoms with E-state index >= 15 is 0 Å². The highest BCUT2D eigenvalue weighted by molar-refractivity contribution is 6.10. The number of benzene rings is 1. The molecule has 0 aliphatic heterocycles. The molecular weight excluding hydrogens is 197 g/mol. The number of nitrogens with zero attached hydrogens (tertiary/aromatic N) is 1. The molecule has 0 unspecified atom stereocenters. The van der Waals surface area contributed by atoms with Gasteiger partial charge in [-0.25, -0.2) is 4.39 Å². The molecule has 0 aliphatic rings. The number of carbonyl (C=O) groups excluding carboxylic acids is 1. The van der Waals surface area contributed by atoms with Crippen molar-refractivity contribution in [3.8, 4) is 0 Å². The maximum Gasteiger partial charge on any atom is 0.212 e. The molecule has 0 saturated heterocycles. The fourth-order valence-electron chi connectivity index (χ4n) is 1.26. The lowest BCUT2D eigenvalue weighted by Crippen LogP contribution is -2.07. The fraction of sp³-hybridized carbons (Fsp3) is 0. The van der Waals surface area contributed by atoms with E-state index in [0.29, 0.717) is 0 Å². The Kier molecular flexibility index (Phi) is 2.21. The van der Waals surface area contributed by atoms with Crippen LogP contribution in [0, 0.1) is 5.82 Å². The number of anilines is 1. The first-order valence-electron chi connectivity index (χ1n) is 4.28. The van der Waals surface area contributed by atoms with Gasteiger partial charge in [0.05, 0.1) is 11.3 Å². The van der Waals surface area contributed by atoms with Crippen molar-refractivity contribution in [2.45, 2.75) is 0 Å². The third-order valence-electron chi connectivity index (χ3n) is 2.04. The second-order valence-corrected chi connectivity index (χ2v) is 3.00. The van der Waals surface area contributed by atoms with Crippen molar-refractivity contribution >= 4 is 11.5 Å². The molecule has 3 N–H and O–H groups in total. The molecule has 2 rings (SSSR count). The van der Waals surface area contributed by atoms with Gasteiger partial charge in [-0.1, -0.05) is 6.07 Å². The Hall–Kier alpha value is -2.17. The summed E-state index contributed by atoms with van der Waals surface area (Å²) in [5.41, 5.74) is 5.74. The summed E-state index contributed by atoms with van der Waals surface area (Å²) in [6, 6.07) is 5.63. The zero-order valence-corrected chi connectivity index (χ0v) is 7.70. The van der Waals surface area contributed by atoms with Crippen molar-refractivity contribution < 1.29 is 9.18 Å². The maximum absolute atomic E-state index is 13.1. The second kappa shape index (κ2) is 3.53. The topological polar surface area (TPSA) is 71.8 Å². The lowest BCUT2D eigenvalue weighted by Gasteiger charge is -2.03. The molecule has 0 saturated carbocycles. The van der Waals surface area contributed by atoms with E-state index in [1.165, 1.54) is 30.5 Å². The monoisotopic (exact) mass is 205 g/mol. The van der Waals surface area contributed by atoms with Gasteiger partial charge in [-0.15, -0.1) is 0 Å². The van der Waals surface area contributed by atoms with Crippen LogP contribution in [0.25, 0.3) is 0 Å². The molecular formula is C10H8FN3O. The van der Waals surface area contributed by atoms with E-state index in [1.807, 2.05) is 0 Å². The van der Waals surface area contributed by atoms with Crippen LogP contribution in [0.3, 0.4) is 0 Å². The summed E-state index contributed by atoms with van der Waals surface area (Å²) < 4.78 is 13.1. The summed E-state index contributed by atoms with van der Waals surface area (Å²) in [7, 11) is 0. The molecule has 0 radical (unpaired) electrons. The van der Waals surface area contributed by atoms with Crippen molar-refractivity contribution in [2.75, 3.05) is 5.73 Å². The lowest BCUT2D eigenvalue weighted by molar-refractivity contribution is 0.103. The molecule has 15 heavy (non-hydrogen) atoms. The highest BCUT2D eigenvalue weighted by Gasteiger charge is 2.15. The third-order valence-corrected chi connectivity index (χ3v) is 2.04. The molecule has 76 valence electrons. The number of ketones is 1. The van der Waals surface area contributed by atoms with Crippen molar-refractivity contribution in [1.29, 1.82) is 0 Å². The molecule has 1 aromatic heterocycles. The SMILES string of the molecule is Nc1c(F)cccc1C(=O)c1ccn[nH]1. The van der Waals surface area contributed by atoms with Gasteiger partial charge in [0.2, 0.25) is 5.78 Å². The summed E-state index contributed by atoms with van der Waals surface area (Å²) in [4.78, 5) is 11.8. The number of para-hydroxylation sites is 1. The first-order valence-corrected chi connectivity index (χ1v) is 4.28. The summed E-state index contributed by atoms with van der Waals surface area (Å²) in [5, 5.41) is 6.14. The second-order valence-electron chi connectivity index (χ2n) is 3.00. The minimum Gasteiger partial charge on any atom is -0.396 e. The first kappa shape index (κ1) is 9.39. The highest BCUT2D eigenvalue weighted by Crippen LogP contribution is 2.18. The minimum absolute atomic E-state index is 0.138. The van der Waals surface area contributed by atoms with E-state index in [4.69, 9.17) is 5.73 Å². The normalized spacial score (nSPS) is 10.2. The van der Waals surface area contributed by atoms with E-state index in [0.717, 1.165) is 0 Å². The van der Waals surface area contributed by atoms with E-state index in [-0.39, 0.29) is 22.7 Å². The average Bonchev–Trinajstić information content (AvgIpc) is 2.74. The Balaban J connectivity index is 2.47. The zero-order chi connectivity index (χ0) is 10.8. The number of aromatic amines is 1. The number of rotatable bonds is 2. The number of hydrogen-bond donors (Lipinski definition) is 2. The van der Waals surface area contributed by atoms with Crippen LogP contribution in [-0.2, 0) is 0 Å². The van der Waals surface area contributed by atoms with E-state index in [9.17, 15) is 9.18 Å². The predicted molar refractivity (Wildman–Crippen MR) is 52.8 cm³/mol. The van der Waals surface area contributed by atoms with E-state index < -0.39 is 5.82 Å². The maximum atomic E-state index is 13.1. The number of nitrogens with one attached hydrogen (secondary N) is 1. The van der Waals surface area contributed by atoms with Gasteiger partial charge in [-0.05, 0) is 18.2 Å². The Morgan fingerprint density at radius 2 is 2.20 bits per heavy atom. The summed E-state index contributed by atoms with van der Waals surface area (Å²) in [6.07, 6.45) is 1.45. The number of nitrogens with two attached hydrogens (primary N) is 1. The average molecular weight is 205 g/mol. The Bertz CT molecular complexity index is 493. The summed E-state index contributed by atoms with van der Waals surface area (Å²) >= 11 is 0. The summed E-state index contributed by atoms with van der Waals surface area (Å²) in [6.45, 7) is 0. The van der Waals surface area contributed by atoms with Gasteiger partial charge in [0.1, 0.15) is 11.5 Å². The largest absolute Gasteiger partial charge is 0.396 e. The molecule has 0 bridgehead atoms. The highest BCUT2D eigenvalue weighted by atomic mass is 19.1. The van der Waals surface area contributed by atoms with Crippen LogP contribution in [0.15, 0.2) is 30.5 Å². The third kappa shape index (κ3) is 1.59. The van der Waals surface area contributed by atoms with Crippen molar-refractivity contribution in [1.82, 2.24) is 10.2 Å². The van der Waals surface area contributed by atoms with Gasteiger partial charge < -0.3 is 5.73 Å². The number of hydrogen-bond acceptors (Lipinski definition) is 3. The standard InChI is InChI=1S/C10H8FN3O/c11-7-3-1-2-6(9(7)12)10(15)8-4-5-13-14-8/h1-5H,12H2,(H,13,14). The molecule has 0 fully saturated rings. The van der Waals surface area contributed by atoms with E-state index in [2.05, 4.69) is 10.2 Å². The van der Waals surface area contributed by atoms with Crippen LogP contribution < -0.4 is 5.73 Å². The lowest BCUT2D eigenvalue weighted by atomic mass is 10.1. The number of halogens is 1. The van der Waals surface area contributed by atoms with Crippen molar-refractivity contribution in [3.63, 3.8) is 0 Å². The van der Waals surface area contributed by atoms with Crippen LogP contribution >= 0.6 is 0 Å². The van der Waals surface area contributed by atoms with Crippen LogP contribution in [0.4, 0.5) is 10.1 Å². The number of carbonyl (C=O) groups is 1. The smallest absolute Gasteiger partial charge is 0.212 e. The van der Waals surface area contributed by atoms with E-state index in [1.54, 1.807) is 0 Å². The van der Waals surface area contributed by atoms with Crippen LogP contribution in [0.2, 0.25) is 0 Å². The Morgan fingerprint density at radius 1 is 1.40 bits per heavy atom. The van der Waals surface area contributed by atoms with Gasteiger partial charge in [0.15, 0.2) is 0 Å². The molecule has 0 amide bonds. The number of nitrogen functional groups attached to an aromatic ring is 1. The molecule has 2 aromatic rings. The van der Waals surface area contributed by atoms with Crippen molar-refractivity contribution in [3.05, 3.63) is 47.5 Å². The number of H-pyrrole nitrogens is 1. The molecule has 0 aliphatic carbocycles. The minimum atomic E-state index is -0.597. The first-order chi connectivity index (χ1) is 7.20. The molecule has 1 aromatic carbocycles. The Morgan fingerprint density at radius 3 is 2.87 bits per heavy atom.